The van der Waals surface area contributed by atoms with E-state index >= 15 is 0 Å². The van der Waals surface area contributed by atoms with Gasteiger partial charge in [-0.3, -0.25) is 0 Å². The van der Waals surface area contributed by atoms with Crippen LogP contribution in [-0.4, -0.2) is 40.9 Å². The van der Waals surface area contributed by atoms with Crippen molar-refractivity contribution in [3.63, 3.8) is 0 Å². The molecule has 0 aromatic heterocycles. The maximum atomic E-state index is 8.63. The van der Waals surface area contributed by atoms with Gasteiger partial charge in [-0.15, -0.1) is 0 Å². The van der Waals surface area contributed by atoms with Crippen molar-refractivity contribution in [2.45, 2.75) is 46.0 Å². The minimum absolute atomic E-state index is 0.322. The third-order valence-electron chi connectivity index (χ3n) is 5.23. The van der Waals surface area contributed by atoms with Crippen LogP contribution < -0.4 is 0 Å². The third kappa shape index (κ3) is 46.2. The largest absolute Gasteiger partial charge is 0.508 e. The molecule has 0 spiro atoms. The number of rotatable bonds is 0. The lowest BCUT2D eigenvalue weighted by Crippen LogP contribution is -2.14. The van der Waals surface area contributed by atoms with E-state index in [4.69, 9.17) is 61.9 Å². The second-order valence-electron chi connectivity index (χ2n) is 9.47. The van der Waals surface area contributed by atoms with Crippen LogP contribution >= 0.6 is 0 Å². The number of benzene rings is 4. The molecule has 8 N–H and O–H groups in total. The summed E-state index contributed by atoms with van der Waals surface area (Å²) in [6.45, 7) is 4.76. The molecule has 1 fully saturated rings. The molecule has 1 saturated carbocycles. The molecule has 1 aliphatic carbocycles. The number of aliphatic hydroxyl groups excluding tert-OH is 4. The predicted molar refractivity (Wildman–Crippen MR) is 179 cm³/mol. The molecule has 0 unspecified atom stereocenters. The van der Waals surface area contributed by atoms with E-state index in [0.29, 0.717) is 28.4 Å². The lowest BCUT2D eigenvalue weighted by atomic mass is 9.78. The van der Waals surface area contributed by atoms with Gasteiger partial charge in [-0.25, -0.2) is 0 Å². The summed E-state index contributed by atoms with van der Waals surface area (Å²) >= 11 is 0. The first kappa shape index (κ1) is 48.2. The van der Waals surface area contributed by atoms with Gasteiger partial charge in [0.25, 0.3) is 25.0 Å². The van der Waals surface area contributed by atoms with Gasteiger partial charge in [0.1, 0.15) is 23.0 Å². The fraction of sp³-hybridized carbons (Fsp3) is 0.222. The molecule has 0 radical (unpaired) electrons. The summed E-state index contributed by atoms with van der Waals surface area (Å²) in [7, 11) is 0. The zero-order valence-corrected chi connectivity index (χ0v) is 26.9. The lowest BCUT2D eigenvalue weighted by molar-refractivity contribution is 0.244. The third-order valence-corrected chi connectivity index (χ3v) is 5.23. The van der Waals surface area contributed by atoms with E-state index in [-0.39, 0.29) is 0 Å². The Morgan fingerprint density at radius 2 is 0.562 bits per heavy atom. The lowest BCUT2D eigenvalue weighted by Gasteiger charge is -2.28. The van der Waals surface area contributed by atoms with Crippen molar-refractivity contribution in [2.75, 3.05) is 0 Å². The van der Waals surface area contributed by atoms with Gasteiger partial charge in [0.15, 0.2) is 0 Å². The molecule has 5 rings (SSSR count). The predicted octanol–water partition coefficient (Wildman–Crippen LogP) is 7.91. The van der Waals surface area contributed by atoms with Gasteiger partial charge < -0.3 is 40.9 Å². The van der Waals surface area contributed by atoms with Crippen molar-refractivity contribution in [1.29, 1.82) is 21.0 Å². The number of aliphatic hydroxyl groups is 4. The normalized spacial score (nSPS) is 10.2. The number of hydrogen-bond acceptors (Lipinski definition) is 12. The minimum atomic E-state index is 0.322. The van der Waals surface area contributed by atoms with Crippen LogP contribution in [0.4, 0.5) is 0 Å². The van der Waals surface area contributed by atoms with Crippen LogP contribution in [0.25, 0.3) is 0 Å². The molecule has 0 atom stereocenters. The molecular weight excluding hydrogens is 616 g/mol. The standard InChI is InChI=1S/C8H16.4C6H6O.4CHNO/c1-8(2)6-4-3-5-7-8;4*7-6-4-2-1-3-5-6;4*2-1-3/h3-7H2,1-2H3;4*1-5,7H;4*3H. The monoisotopic (exact) mass is 660 g/mol. The van der Waals surface area contributed by atoms with E-state index in [1.807, 2.05) is 24.3 Å². The molecule has 256 valence electrons. The SMILES string of the molecule is CC1(C)CCCCC1.N#CO.N#CO.N#CO.N#CO.Oc1ccccc1.Oc1ccccc1.Oc1ccccc1.Oc1ccccc1. The molecule has 48 heavy (non-hydrogen) atoms. The number of phenols is 4. The van der Waals surface area contributed by atoms with Crippen molar-refractivity contribution in [2.24, 2.45) is 5.41 Å². The number of para-hydroxylation sites is 4. The van der Waals surface area contributed by atoms with Crippen LogP contribution in [0.2, 0.25) is 0 Å². The number of aromatic hydroxyl groups is 4. The number of phenolic OH excluding ortho intramolecular Hbond substituents is 4. The maximum absolute atomic E-state index is 8.63. The zero-order chi connectivity index (χ0) is 37.3. The van der Waals surface area contributed by atoms with Gasteiger partial charge in [0, 0.05) is 0 Å². The summed E-state index contributed by atoms with van der Waals surface area (Å²) < 4.78 is 0. The second kappa shape index (κ2) is 38.3. The summed E-state index contributed by atoms with van der Waals surface area (Å²) in [6.07, 6.45) is 10.3. The Balaban J connectivity index is -0.000000233. The summed E-state index contributed by atoms with van der Waals surface area (Å²) in [5.74, 6) is 1.29. The summed E-state index contributed by atoms with van der Waals surface area (Å²) in [4.78, 5) is 0. The van der Waals surface area contributed by atoms with Crippen LogP contribution in [0, 0.1) is 51.5 Å². The quantitative estimate of drug-likeness (QED) is 0.0837. The fourth-order valence-electron chi connectivity index (χ4n) is 3.22. The Kier molecular flexibility index (Phi) is 38.4. The maximum Gasteiger partial charge on any atom is 0.283 e. The first-order chi connectivity index (χ1) is 22.9. The molecule has 12 heteroatoms. The second-order valence-corrected chi connectivity index (χ2v) is 9.47. The molecule has 4 aromatic carbocycles. The van der Waals surface area contributed by atoms with Gasteiger partial charge in [-0.1, -0.05) is 106 Å². The van der Waals surface area contributed by atoms with E-state index in [1.165, 1.54) is 32.1 Å². The molecule has 1 aliphatic rings. The van der Waals surface area contributed by atoms with Crippen molar-refractivity contribution >= 4 is 0 Å². The molecule has 0 heterocycles. The first-order valence-corrected chi connectivity index (χ1v) is 14.0. The highest BCUT2D eigenvalue weighted by Gasteiger charge is 2.19. The molecule has 4 aromatic rings. The van der Waals surface area contributed by atoms with Crippen molar-refractivity contribution < 1.29 is 40.9 Å². The van der Waals surface area contributed by atoms with Crippen LogP contribution in [0.3, 0.4) is 0 Å². The van der Waals surface area contributed by atoms with Gasteiger partial charge in [0.2, 0.25) is 0 Å². The van der Waals surface area contributed by atoms with Crippen molar-refractivity contribution in [3.05, 3.63) is 121 Å². The number of nitriles is 4. The van der Waals surface area contributed by atoms with Crippen LogP contribution in [0.5, 0.6) is 23.0 Å². The van der Waals surface area contributed by atoms with Crippen LogP contribution in [0.15, 0.2) is 121 Å². The fourth-order valence-corrected chi connectivity index (χ4v) is 3.22. The molecule has 0 amide bonds. The zero-order valence-electron chi connectivity index (χ0n) is 26.9. The summed E-state index contributed by atoms with van der Waals surface area (Å²) in [6, 6.07) is 34.9. The Morgan fingerprint density at radius 3 is 0.646 bits per heavy atom. The minimum Gasteiger partial charge on any atom is -0.508 e. The highest BCUT2D eigenvalue weighted by Crippen LogP contribution is 2.34. The van der Waals surface area contributed by atoms with Crippen molar-refractivity contribution in [1.82, 2.24) is 0 Å². The Hall–Kier alpha value is -6.76. The highest BCUT2D eigenvalue weighted by atomic mass is 16.3. The molecule has 12 nitrogen and oxygen atoms in total. The summed E-state index contributed by atoms with van der Waals surface area (Å²) in [5, 5.41) is 89.5. The average Bonchev–Trinajstić information content (AvgIpc) is 3.05. The Bertz CT molecular complexity index is 1180. The van der Waals surface area contributed by atoms with E-state index in [1.54, 1.807) is 97.1 Å². The molecule has 0 bridgehead atoms. The van der Waals surface area contributed by atoms with E-state index in [2.05, 4.69) is 13.8 Å². The topological polar surface area (TPSA) is 257 Å². The van der Waals surface area contributed by atoms with Gasteiger partial charge in [-0.05, 0) is 66.8 Å². The average molecular weight is 661 g/mol. The van der Waals surface area contributed by atoms with Gasteiger partial charge in [-0.2, -0.15) is 21.0 Å². The first-order valence-electron chi connectivity index (χ1n) is 14.0. The van der Waals surface area contributed by atoms with E-state index < -0.39 is 0 Å². The van der Waals surface area contributed by atoms with Crippen LogP contribution in [-0.2, 0) is 0 Å². The summed E-state index contributed by atoms with van der Waals surface area (Å²) in [5.41, 5.74) is 0.679. The van der Waals surface area contributed by atoms with Crippen LogP contribution in [0.1, 0.15) is 46.0 Å². The van der Waals surface area contributed by atoms with Crippen molar-refractivity contribution in [3.8, 4) is 48.0 Å². The van der Waals surface area contributed by atoms with E-state index in [0.717, 1.165) is 25.0 Å². The van der Waals surface area contributed by atoms with E-state index in [9.17, 15) is 0 Å². The number of nitrogens with zero attached hydrogens (tertiary/aromatic N) is 4. The Labute approximate surface area is 282 Å². The Morgan fingerprint density at radius 1 is 0.396 bits per heavy atom. The molecule has 0 saturated heterocycles. The highest BCUT2D eigenvalue weighted by molar-refractivity contribution is 5.20. The molecular formula is C36H44N4O8. The van der Waals surface area contributed by atoms with Gasteiger partial charge in [0.05, 0.1) is 0 Å². The molecule has 0 aliphatic heterocycles. The smallest absolute Gasteiger partial charge is 0.283 e. The number of hydrogen-bond donors (Lipinski definition) is 8. The van der Waals surface area contributed by atoms with Gasteiger partial charge >= 0.3 is 0 Å².